The summed E-state index contributed by atoms with van der Waals surface area (Å²) in [6.45, 7) is 9.26. The second kappa shape index (κ2) is 6.98. The van der Waals surface area contributed by atoms with Crippen LogP contribution in [0.4, 0.5) is 0 Å². The largest absolute Gasteiger partial charge is 0.497 e. The molecule has 0 saturated heterocycles. The lowest BCUT2D eigenvalue weighted by molar-refractivity contribution is 0.415. The van der Waals surface area contributed by atoms with E-state index in [0.717, 1.165) is 12.2 Å². The van der Waals surface area contributed by atoms with E-state index >= 15 is 0 Å². The molecule has 114 valence electrons. The molecule has 0 spiro atoms. The van der Waals surface area contributed by atoms with Gasteiger partial charge in [-0.3, -0.25) is 0 Å². The monoisotopic (exact) mass is 284 g/mol. The van der Waals surface area contributed by atoms with Crippen LogP contribution in [-0.4, -0.2) is 7.11 Å². The van der Waals surface area contributed by atoms with E-state index in [1.165, 1.54) is 24.0 Å². The molecular formula is C20H28O. The molecule has 0 aromatic heterocycles. The topological polar surface area (TPSA) is 9.23 Å². The van der Waals surface area contributed by atoms with Gasteiger partial charge in [0.25, 0.3) is 0 Å². The molecule has 1 heteroatoms. The SMILES string of the molecule is CCC(C)C1=CC(c2ccc(OC)cc2)=C(C(C)CC)C1. The molecule has 1 aliphatic rings. The van der Waals surface area contributed by atoms with Crippen molar-refractivity contribution in [2.75, 3.05) is 7.11 Å². The van der Waals surface area contributed by atoms with Gasteiger partial charge >= 0.3 is 0 Å². The van der Waals surface area contributed by atoms with Crippen LogP contribution in [0, 0.1) is 11.8 Å². The predicted molar refractivity (Wildman–Crippen MR) is 91.5 cm³/mol. The van der Waals surface area contributed by atoms with Crippen molar-refractivity contribution >= 4 is 5.57 Å². The minimum Gasteiger partial charge on any atom is -0.497 e. The summed E-state index contributed by atoms with van der Waals surface area (Å²) in [4.78, 5) is 0. The Kier molecular flexibility index (Phi) is 5.27. The van der Waals surface area contributed by atoms with Gasteiger partial charge in [-0.1, -0.05) is 57.0 Å². The van der Waals surface area contributed by atoms with Crippen LogP contribution in [0.15, 0.2) is 41.5 Å². The fourth-order valence-electron chi connectivity index (χ4n) is 2.95. The summed E-state index contributed by atoms with van der Waals surface area (Å²) in [5.74, 6) is 2.26. The standard InChI is InChI=1S/C20H28O/c1-6-14(3)17-12-19(15(4)7-2)20(13-17)16-8-10-18(21-5)11-9-16/h8-11,13-15H,6-7,12H2,1-5H3. The van der Waals surface area contributed by atoms with E-state index in [9.17, 15) is 0 Å². The minimum atomic E-state index is 0.653. The first kappa shape index (κ1) is 15.9. The summed E-state index contributed by atoms with van der Waals surface area (Å²) in [5.41, 5.74) is 5.98. The van der Waals surface area contributed by atoms with Crippen molar-refractivity contribution in [2.24, 2.45) is 11.8 Å². The van der Waals surface area contributed by atoms with E-state index in [2.05, 4.69) is 58.0 Å². The number of allylic oxidation sites excluding steroid dienone is 4. The zero-order valence-electron chi connectivity index (χ0n) is 14.1. The van der Waals surface area contributed by atoms with Gasteiger partial charge in [0.2, 0.25) is 0 Å². The fourth-order valence-corrected chi connectivity index (χ4v) is 2.95. The molecule has 2 unspecified atom stereocenters. The third-order valence-corrected chi connectivity index (χ3v) is 4.92. The molecule has 2 atom stereocenters. The maximum absolute atomic E-state index is 5.27. The van der Waals surface area contributed by atoms with Crippen molar-refractivity contribution in [2.45, 2.75) is 47.0 Å². The van der Waals surface area contributed by atoms with Crippen LogP contribution in [0.5, 0.6) is 5.75 Å². The molecular weight excluding hydrogens is 256 g/mol. The van der Waals surface area contributed by atoms with Crippen molar-refractivity contribution in [1.82, 2.24) is 0 Å². The van der Waals surface area contributed by atoms with Crippen LogP contribution in [-0.2, 0) is 0 Å². The van der Waals surface area contributed by atoms with E-state index in [-0.39, 0.29) is 0 Å². The first-order valence-corrected chi connectivity index (χ1v) is 8.18. The maximum atomic E-state index is 5.27. The lowest BCUT2D eigenvalue weighted by Gasteiger charge is -2.16. The Hall–Kier alpha value is -1.50. The molecule has 0 fully saturated rings. The summed E-state index contributed by atoms with van der Waals surface area (Å²) in [7, 11) is 1.72. The van der Waals surface area contributed by atoms with Crippen LogP contribution in [0.2, 0.25) is 0 Å². The van der Waals surface area contributed by atoms with Crippen LogP contribution in [0.1, 0.15) is 52.5 Å². The molecule has 21 heavy (non-hydrogen) atoms. The van der Waals surface area contributed by atoms with Crippen LogP contribution in [0.25, 0.3) is 5.57 Å². The Morgan fingerprint density at radius 1 is 1.00 bits per heavy atom. The Bertz CT molecular complexity index is 533. The summed E-state index contributed by atoms with van der Waals surface area (Å²) in [6, 6.07) is 8.50. The molecule has 0 saturated carbocycles. The second-order valence-corrected chi connectivity index (χ2v) is 6.18. The van der Waals surface area contributed by atoms with Crippen LogP contribution < -0.4 is 4.74 Å². The summed E-state index contributed by atoms with van der Waals surface area (Å²) >= 11 is 0. The quantitative estimate of drug-likeness (QED) is 0.634. The summed E-state index contributed by atoms with van der Waals surface area (Å²) < 4.78 is 5.27. The Labute approximate surface area is 129 Å². The van der Waals surface area contributed by atoms with E-state index in [1.807, 2.05) is 0 Å². The average molecular weight is 284 g/mol. The highest BCUT2D eigenvalue weighted by molar-refractivity contribution is 5.81. The number of rotatable bonds is 6. The van der Waals surface area contributed by atoms with Gasteiger partial charge in [0, 0.05) is 0 Å². The van der Waals surface area contributed by atoms with E-state index in [1.54, 1.807) is 18.3 Å². The number of hydrogen-bond acceptors (Lipinski definition) is 1. The Morgan fingerprint density at radius 2 is 1.62 bits per heavy atom. The molecule has 0 amide bonds. The molecule has 2 rings (SSSR count). The van der Waals surface area contributed by atoms with Crippen molar-refractivity contribution in [3.63, 3.8) is 0 Å². The predicted octanol–water partition coefficient (Wildman–Crippen LogP) is 5.87. The summed E-state index contributed by atoms with van der Waals surface area (Å²) in [5, 5.41) is 0. The molecule has 1 aromatic rings. The smallest absolute Gasteiger partial charge is 0.118 e. The minimum absolute atomic E-state index is 0.653. The van der Waals surface area contributed by atoms with Gasteiger partial charge in [0.1, 0.15) is 5.75 Å². The molecule has 0 aliphatic heterocycles. The zero-order valence-corrected chi connectivity index (χ0v) is 14.1. The van der Waals surface area contributed by atoms with Gasteiger partial charge < -0.3 is 4.74 Å². The maximum Gasteiger partial charge on any atom is 0.118 e. The summed E-state index contributed by atoms with van der Waals surface area (Å²) in [6.07, 6.45) is 6.02. The Morgan fingerprint density at radius 3 is 2.14 bits per heavy atom. The number of methoxy groups -OCH3 is 1. The third-order valence-electron chi connectivity index (χ3n) is 4.92. The Balaban J connectivity index is 2.38. The number of ether oxygens (including phenoxy) is 1. The lowest BCUT2D eigenvalue weighted by atomic mass is 9.89. The van der Waals surface area contributed by atoms with E-state index in [0.29, 0.717) is 11.8 Å². The highest BCUT2D eigenvalue weighted by atomic mass is 16.5. The van der Waals surface area contributed by atoms with Crippen LogP contribution >= 0.6 is 0 Å². The van der Waals surface area contributed by atoms with Crippen molar-refractivity contribution in [3.05, 3.63) is 47.1 Å². The van der Waals surface area contributed by atoms with E-state index in [4.69, 9.17) is 4.74 Å². The molecule has 0 heterocycles. The van der Waals surface area contributed by atoms with Gasteiger partial charge in [-0.05, 0) is 54.4 Å². The first-order chi connectivity index (χ1) is 10.1. The van der Waals surface area contributed by atoms with Crippen molar-refractivity contribution in [1.29, 1.82) is 0 Å². The molecule has 1 nitrogen and oxygen atoms in total. The van der Waals surface area contributed by atoms with Gasteiger partial charge in [-0.15, -0.1) is 0 Å². The van der Waals surface area contributed by atoms with Gasteiger partial charge in [-0.2, -0.15) is 0 Å². The highest BCUT2D eigenvalue weighted by Crippen LogP contribution is 2.41. The highest BCUT2D eigenvalue weighted by Gasteiger charge is 2.23. The molecule has 0 radical (unpaired) electrons. The van der Waals surface area contributed by atoms with Gasteiger partial charge in [0.15, 0.2) is 0 Å². The normalized spacial score (nSPS) is 17.7. The molecule has 0 N–H and O–H groups in total. The van der Waals surface area contributed by atoms with E-state index < -0.39 is 0 Å². The van der Waals surface area contributed by atoms with Gasteiger partial charge in [-0.25, -0.2) is 0 Å². The molecule has 1 aliphatic carbocycles. The number of hydrogen-bond donors (Lipinski definition) is 0. The van der Waals surface area contributed by atoms with Crippen molar-refractivity contribution < 1.29 is 4.74 Å². The zero-order chi connectivity index (χ0) is 15.4. The first-order valence-electron chi connectivity index (χ1n) is 8.18. The van der Waals surface area contributed by atoms with Crippen LogP contribution in [0.3, 0.4) is 0 Å². The van der Waals surface area contributed by atoms with Gasteiger partial charge in [0.05, 0.1) is 7.11 Å². The average Bonchev–Trinajstić information content (AvgIpc) is 2.98. The second-order valence-electron chi connectivity index (χ2n) is 6.18. The molecule has 0 bridgehead atoms. The lowest BCUT2D eigenvalue weighted by Crippen LogP contribution is -2.01. The number of benzene rings is 1. The fraction of sp³-hybridized carbons (Fsp3) is 0.500. The molecule has 1 aromatic carbocycles. The third kappa shape index (κ3) is 3.40. The van der Waals surface area contributed by atoms with Crippen molar-refractivity contribution in [3.8, 4) is 5.75 Å².